The van der Waals surface area contributed by atoms with E-state index in [2.05, 4.69) is 35.1 Å². The molecule has 3 N–H and O–H groups in total. The standard InChI is InChI=1S/C15H23BrN2O2.ClH/c1-10(2)7-13(9-17)18-15(19)11(3)20-14-6-4-5-12(16)8-14;/h4-6,8,10-11,13H,7,9,17H2,1-3H3,(H,18,19);1H. The van der Waals surface area contributed by atoms with Crippen LogP contribution in [0.2, 0.25) is 0 Å². The third kappa shape index (κ3) is 7.69. The number of hydrogen-bond acceptors (Lipinski definition) is 3. The van der Waals surface area contributed by atoms with Crippen LogP contribution in [0.1, 0.15) is 27.2 Å². The Labute approximate surface area is 141 Å². The zero-order chi connectivity index (χ0) is 15.1. The second kappa shape index (κ2) is 10.0. The summed E-state index contributed by atoms with van der Waals surface area (Å²) in [4.78, 5) is 12.1. The molecule has 0 saturated heterocycles. The van der Waals surface area contributed by atoms with E-state index in [-0.39, 0.29) is 24.4 Å². The van der Waals surface area contributed by atoms with Gasteiger partial charge in [0.15, 0.2) is 6.10 Å². The molecule has 0 aliphatic heterocycles. The fourth-order valence-electron chi connectivity index (χ4n) is 1.90. The monoisotopic (exact) mass is 378 g/mol. The summed E-state index contributed by atoms with van der Waals surface area (Å²) in [7, 11) is 0. The first-order chi connectivity index (χ1) is 9.42. The maximum absolute atomic E-state index is 12.1. The van der Waals surface area contributed by atoms with Crippen LogP contribution in [-0.4, -0.2) is 24.6 Å². The highest BCUT2D eigenvalue weighted by Crippen LogP contribution is 2.19. The summed E-state index contributed by atoms with van der Waals surface area (Å²) in [5.74, 6) is 1.02. The molecule has 1 amide bonds. The van der Waals surface area contributed by atoms with Crippen molar-refractivity contribution in [2.45, 2.75) is 39.3 Å². The molecular formula is C15H24BrClN2O2. The second-order valence-electron chi connectivity index (χ2n) is 5.29. The summed E-state index contributed by atoms with van der Waals surface area (Å²) in [6, 6.07) is 7.42. The first-order valence-corrected chi connectivity index (χ1v) is 7.64. The fourth-order valence-corrected chi connectivity index (χ4v) is 2.28. The number of ether oxygens (including phenoxy) is 1. The lowest BCUT2D eigenvalue weighted by molar-refractivity contribution is -0.128. The first-order valence-electron chi connectivity index (χ1n) is 6.85. The Morgan fingerprint density at radius 3 is 2.57 bits per heavy atom. The van der Waals surface area contributed by atoms with Crippen LogP contribution >= 0.6 is 28.3 Å². The van der Waals surface area contributed by atoms with Gasteiger partial charge in [0.05, 0.1) is 0 Å². The number of carbonyl (C=O) groups excluding carboxylic acids is 1. The van der Waals surface area contributed by atoms with Crippen LogP contribution < -0.4 is 15.8 Å². The van der Waals surface area contributed by atoms with E-state index >= 15 is 0 Å². The van der Waals surface area contributed by atoms with Crippen LogP contribution in [0.25, 0.3) is 0 Å². The zero-order valence-corrected chi connectivity index (χ0v) is 15.0. The Morgan fingerprint density at radius 1 is 1.38 bits per heavy atom. The van der Waals surface area contributed by atoms with Crippen molar-refractivity contribution in [3.05, 3.63) is 28.7 Å². The third-order valence-electron chi connectivity index (χ3n) is 2.86. The largest absolute Gasteiger partial charge is 0.481 e. The number of amides is 1. The molecule has 1 rings (SSSR count). The summed E-state index contributed by atoms with van der Waals surface area (Å²) in [5, 5.41) is 2.93. The van der Waals surface area contributed by atoms with Crippen molar-refractivity contribution >= 4 is 34.2 Å². The van der Waals surface area contributed by atoms with Crippen LogP contribution in [0.3, 0.4) is 0 Å². The zero-order valence-electron chi connectivity index (χ0n) is 12.6. The van der Waals surface area contributed by atoms with Gasteiger partial charge in [-0.15, -0.1) is 12.4 Å². The number of carbonyl (C=O) groups is 1. The molecule has 0 aliphatic rings. The summed E-state index contributed by atoms with van der Waals surface area (Å²) in [6.45, 7) is 6.39. The highest BCUT2D eigenvalue weighted by molar-refractivity contribution is 9.10. The van der Waals surface area contributed by atoms with Gasteiger partial charge in [-0.05, 0) is 37.5 Å². The van der Waals surface area contributed by atoms with Gasteiger partial charge >= 0.3 is 0 Å². The quantitative estimate of drug-likeness (QED) is 0.765. The van der Waals surface area contributed by atoms with E-state index in [1.807, 2.05) is 24.3 Å². The molecule has 21 heavy (non-hydrogen) atoms. The molecule has 0 aromatic heterocycles. The Kier molecular flexibility index (Phi) is 9.66. The molecule has 120 valence electrons. The highest BCUT2D eigenvalue weighted by atomic mass is 79.9. The van der Waals surface area contributed by atoms with Crippen LogP contribution in [0.4, 0.5) is 0 Å². The van der Waals surface area contributed by atoms with Crippen LogP contribution in [-0.2, 0) is 4.79 Å². The fraction of sp³-hybridized carbons (Fsp3) is 0.533. The molecule has 0 radical (unpaired) electrons. The first kappa shape index (κ1) is 20.2. The van der Waals surface area contributed by atoms with Crippen molar-refractivity contribution in [2.75, 3.05) is 6.54 Å². The lowest BCUT2D eigenvalue weighted by Gasteiger charge is -2.21. The molecule has 6 heteroatoms. The highest BCUT2D eigenvalue weighted by Gasteiger charge is 2.19. The van der Waals surface area contributed by atoms with Gasteiger partial charge in [0, 0.05) is 17.1 Å². The summed E-state index contributed by atoms with van der Waals surface area (Å²) in [5.41, 5.74) is 5.68. The average Bonchev–Trinajstić information content (AvgIpc) is 2.37. The van der Waals surface area contributed by atoms with Crippen molar-refractivity contribution in [3.8, 4) is 5.75 Å². The number of nitrogens with one attached hydrogen (secondary N) is 1. The molecule has 0 spiro atoms. The average molecular weight is 380 g/mol. The van der Waals surface area contributed by atoms with Gasteiger partial charge in [-0.25, -0.2) is 0 Å². The van der Waals surface area contributed by atoms with Crippen LogP contribution in [0.5, 0.6) is 5.75 Å². The van der Waals surface area contributed by atoms with E-state index in [0.717, 1.165) is 10.9 Å². The van der Waals surface area contributed by atoms with Crippen molar-refractivity contribution in [3.63, 3.8) is 0 Å². The van der Waals surface area contributed by atoms with Crippen molar-refractivity contribution in [1.29, 1.82) is 0 Å². The molecule has 2 atom stereocenters. The lowest BCUT2D eigenvalue weighted by Crippen LogP contribution is -2.46. The van der Waals surface area contributed by atoms with E-state index in [1.54, 1.807) is 6.92 Å². The summed E-state index contributed by atoms with van der Waals surface area (Å²) in [6.07, 6.45) is 0.316. The van der Waals surface area contributed by atoms with Gasteiger partial charge in [-0.3, -0.25) is 4.79 Å². The van der Waals surface area contributed by atoms with Crippen molar-refractivity contribution in [2.24, 2.45) is 11.7 Å². The number of nitrogens with two attached hydrogens (primary N) is 1. The molecule has 0 heterocycles. The van der Waals surface area contributed by atoms with E-state index in [0.29, 0.717) is 18.2 Å². The molecule has 0 fully saturated rings. The molecule has 0 bridgehead atoms. The van der Waals surface area contributed by atoms with Gasteiger partial charge < -0.3 is 15.8 Å². The van der Waals surface area contributed by atoms with Gasteiger partial charge in [-0.1, -0.05) is 35.8 Å². The minimum atomic E-state index is -0.550. The molecule has 0 saturated carbocycles. The van der Waals surface area contributed by atoms with Crippen molar-refractivity contribution in [1.82, 2.24) is 5.32 Å². The number of rotatable bonds is 7. The van der Waals surface area contributed by atoms with Crippen molar-refractivity contribution < 1.29 is 9.53 Å². The minimum Gasteiger partial charge on any atom is -0.481 e. The topological polar surface area (TPSA) is 64.3 Å². The molecular weight excluding hydrogens is 356 g/mol. The van der Waals surface area contributed by atoms with Crippen LogP contribution in [0.15, 0.2) is 28.7 Å². The van der Waals surface area contributed by atoms with E-state index in [1.165, 1.54) is 0 Å². The summed E-state index contributed by atoms with van der Waals surface area (Å²) >= 11 is 3.37. The molecule has 1 aromatic carbocycles. The maximum Gasteiger partial charge on any atom is 0.261 e. The molecule has 4 nitrogen and oxygen atoms in total. The second-order valence-corrected chi connectivity index (χ2v) is 6.20. The van der Waals surface area contributed by atoms with E-state index in [9.17, 15) is 4.79 Å². The Morgan fingerprint density at radius 2 is 2.05 bits per heavy atom. The van der Waals surface area contributed by atoms with E-state index in [4.69, 9.17) is 10.5 Å². The van der Waals surface area contributed by atoms with E-state index < -0.39 is 6.10 Å². The lowest BCUT2D eigenvalue weighted by atomic mass is 10.0. The normalized spacial score (nSPS) is 13.2. The van der Waals surface area contributed by atoms with Gasteiger partial charge in [0.25, 0.3) is 5.91 Å². The third-order valence-corrected chi connectivity index (χ3v) is 3.36. The number of halogens is 2. The SMILES string of the molecule is CC(C)CC(CN)NC(=O)C(C)Oc1cccc(Br)c1.Cl. The maximum atomic E-state index is 12.1. The van der Waals surface area contributed by atoms with Crippen LogP contribution in [0, 0.1) is 5.92 Å². The number of hydrogen-bond donors (Lipinski definition) is 2. The predicted octanol–water partition coefficient (Wildman–Crippen LogP) is 3.13. The number of benzene rings is 1. The Bertz CT molecular complexity index is 443. The molecule has 0 aliphatic carbocycles. The summed E-state index contributed by atoms with van der Waals surface area (Å²) < 4.78 is 6.54. The minimum absolute atomic E-state index is 0. The van der Waals surface area contributed by atoms with Gasteiger partial charge in [-0.2, -0.15) is 0 Å². The van der Waals surface area contributed by atoms with Gasteiger partial charge in [0.1, 0.15) is 5.75 Å². The smallest absolute Gasteiger partial charge is 0.261 e. The molecule has 1 aromatic rings. The Balaban J connectivity index is 0.00000400. The Hall–Kier alpha value is -0.780. The van der Waals surface area contributed by atoms with Gasteiger partial charge in [0.2, 0.25) is 0 Å². The molecule has 2 unspecified atom stereocenters. The predicted molar refractivity (Wildman–Crippen MR) is 91.9 cm³/mol.